The Hall–Kier alpha value is -2.67. The minimum atomic E-state index is -0.327. The molecule has 0 aliphatic rings. The van der Waals surface area contributed by atoms with E-state index in [-0.39, 0.29) is 17.6 Å². The molecule has 2 aromatic heterocycles. The summed E-state index contributed by atoms with van der Waals surface area (Å²) in [7, 11) is 0. The molecule has 0 N–H and O–H groups in total. The lowest BCUT2D eigenvalue weighted by Gasteiger charge is -2.11. The van der Waals surface area contributed by atoms with Gasteiger partial charge in [-0.15, -0.1) is 10.2 Å². The smallest absolute Gasteiger partial charge is 0.321 e. The molecular weight excluding hydrogens is 336 g/mol. The van der Waals surface area contributed by atoms with E-state index in [0.29, 0.717) is 10.9 Å². The van der Waals surface area contributed by atoms with Crippen molar-refractivity contribution < 1.29 is 9.53 Å². The van der Waals surface area contributed by atoms with Gasteiger partial charge in [0.25, 0.3) is 0 Å². The number of pyridine rings is 1. The van der Waals surface area contributed by atoms with Gasteiger partial charge >= 0.3 is 5.97 Å². The maximum absolute atomic E-state index is 12.1. The van der Waals surface area contributed by atoms with Crippen LogP contribution in [0.25, 0.3) is 5.69 Å². The summed E-state index contributed by atoms with van der Waals surface area (Å²) in [5.41, 5.74) is 0.919. The number of rotatable bonds is 6. The molecule has 0 atom stereocenters. The highest BCUT2D eigenvalue weighted by Gasteiger charge is 2.18. The Labute approximate surface area is 150 Å². The summed E-state index contributed by atoms with van der Waals surface area (Å²) in [4.78, 5) is 16.1. The molecule has 0 bridgehead atoms. The predicted octanol–water partition coefficient (Wildman–Crippen LogP) is 3.48. The zero-order valence-electron chi connectivity index (χ0n) is 14.0. The average Bonchev–Trinajstić information content (AvgIpc) is 3.06. The molecule has 2 heterocycles. The zero-order valence-corrected chi connectivity index (χ0v) is 14.8. The monoisotopic (exact) mass is 354 g/mol. The Kier molecular flexibility index (Phi) is 5.45. The molecule has 0 aliphatic heterocycles. The molecule has 128 valence electrons. The van der Waals surface area contributed by atoms with Crippen molar-refractivity contribution in [2.24, 2.45) is 0 Å². The topological polar surface area (TPSA) is 69.9 Å². The molecule has 6 nitrogen and oxygen atoms in total. The molecule has 0 saturated heterocycles. The molecule has 0 saturated carbocycles. The largest absolute Gasteiger partial charge is 0.426 e. The predicted molar refractivity (Wildman–Crippen MR) is 96.0 cm³/mol. The molecule has 0 unspecified atom stereocenters. The standard InChI is InChI=1S/C18H18N4O2S/c1-13(2)17-20-21-18(22(17)14-8-10-19-11-9-14)25-12-16(23)24-15-6-4-3-5-7-15/h3-11,13H,12H2,1-2H3. The van der Waals surface area contributed by atoms with E-state index in [0.717, 1.165) is 11.5 Å². The van der Waals surface area contributed by atoms with Crippen molar-refractivity contribution in [2.75, 3.05) is 5.75 Å². The second kappa shape index (κ2) is 7.94. The van der Waals surface area contributed by atoms with Crippen LogP contribution in [0.2, 0.25) is 0 Å². The maximum Gasteiger partial charge on any atom is 0.321 e. The molecule has 3 aromatic rings. The molecule has 3 rings (SSSR count). The summed E-state index contributed by atoms with van der Waals surface area (Å²) in [6.45, 7) is 4.11. The summed E-state index contributed by atoms with van der Waals surface area (Å²) in [6.07, 6.45) is 3.44. The number of hydrogen-bond acceptors (Lipinski definition) is 6. The lowest BCUT2D eigenvalue weighted by Crippen LogP contribution is -2.11. The molecule has 0 amide bonds. The van der Waals surface area contributed by atoms with E-state index in [1.807, 2.05) is 34.9 Å². The fourth-order valence-electron chi connectivity index (χ4n) is 2.26. The highest BCUT2D eigenvalue weighted by molar-refractivity contribution is 7.99. The summed E-state index contributed by atoms with van der Waals surface area (Å²) < 4.78 is 7.26. The Morgan fingerprint density at radius 3 is 2.52 bits per heavy atom. The first-order valence-corrected chi connectivity index (χ1v) is 8.88. The first-order chi connectivity index (χ1) is 12.1. The van der Waals surface area contributed by atoms with Crippen LogP contribution in [-0.4, -0.2) is 31.5 Å². The van der Waals surface area contributed by atoms with E-state index in [1.165, 1.54) is 11.8 Å². The second-order valence-electron chi connectivity index (χ2n) is 5.61. The number of carbonyl (C=O) groups excluding carboxylic acids is 1. The van der Waals surface area contributed by atoms with Gasteiger partial charge < -0.3 is 4.74 Å². The molecule has 0 fully saturated rings. The molecule has 0 aliphatic carbocycles. The van der Waals surface area contributed by atoms with Gasteiger partial charge in [-0.1, -0.05) is 43.8 Å². The number of carbonyl (C=O) groups is 1. The number of aromatic nitrogens is 4. The van der Waals surface area contributed by atoms with Gasteiger partial charge in [-0.2, -0.15) is 0 Å². The first-order valence-electron chi connectivity index (χ1n) is 7.89. The van der Waals surface area contributed by atoms with Crippen molar-refractivity contribution in [3.05, 3.63) is 60.7 Å². The Bertz CT molecular complexity index is 835. The number of para-hydroxylation sites is 1. The number of esters is 1. The minimum absolute atomic E-state index is 0.149. The third-order valence-electron chi connectivity index (χ3n) is 3.39. The second-order valence-corrected chi connectivity index (χ2v) is 6.55. The van der Waals surface area contributed by atoms with Crippen molar-refractivity contribution in [1.82, 2.24) is 19.7 Å². The van der Waals surface area contributed by atoms with Crippen LogP contribution in [0.4, 0.5) is 0 Å². The van der Waals surface area contributed by atoms with Crippen LogP contribution in [0, 0.1) is 0 Å². The van der Waals surface area contributed by atoms with Gasteiger partial charge in [-0.3, -0.25) is 14.3 Å². The van der Waals surface area contributed by atoms with Crippen molar-refractivity contribution >= 4 is 17.7 Å². The number of hydrogen-bond donors (Lipinski definition) is 0. The number of benzene rings is 1. The summed E-state index contributed by atoms with van der Waals surface area (Å²) in [5, 5.41) is 9.17. The van der Waals surface area contributed by atoms with Gasteiger partial charge in [0.1, 0.15) is 11.6 Å². The average molecular weight is 354 g/mol. The van der Waals surface area contributed by atoms with Crippen LogP contribution >= 0.6 is 11.8 Å². The lowest BCUT2D eigenvalue weighted by atomic mass is 10.2. The Morgan fingerprint density at radius 1 is 1.12 bits per heavy atom. The summed E-state index contributed by atoms with van der Waals surface area (Å²) in [6, 6.07) is 12.8. The maximum atomic E-state index is 12.1. The van der Waals surface area contributed by atoms with E-state index in [9.17, 15) is 4.79 Å². The molecule has 0 spiro atoms. The third-order valence-corrected chi connectivity index (χ3v) is 4.29. The highest BCUT2D eigenvalue weighted by atomic mass is 32.2. The van der Waals surface area contributed by atoms with Crippen LogP contribution in [-0.2, 0) is 4.79 Å². The number of ether oxygens (including phenoxy) is 1. The van der Waals surface area contributed by atoms with Crippen molar-refractivity contribution in [3.63, 3.8) is 0 Å². The van der Waals surface area contributed by atoms with Crippen molar-refractivity contribution in [3.8, 4) is 11.4 Å². The van der Waals surface area contributed by atoms with Crippen LogP contribution in [0.1, 0.15) is 25.6 Å². The highest BCUT2D eigenvalue weighted by Crippen LogP contribution is 2.25. The molecule has 1 aromatic carbocycles. The van der Waals surface area contributed by atoms with Gasteiger partial charge in [0.2, 0.25) is 0 Å². The SMILES string of the molecule is CC(C)c1nnc(SCC(=O)Oc2ccccc2)n1-c1ccncc1. The summed E-state index contributed by atoms with van der Waals surface area (Å²) in [5.74, 6) is 1.39. The van der Waals surface area contributed by atoms with E-state index < -0.39 is 0 Å². The van der Waals surface area contributed by atoms with Crippen LogP contribution in [0.3, 0.4) is 0 Å². The normalized spacial score (nSPS) is 10.8. The molecule has 25 heavy (non-hydrogen) atoms. The fraction of sp³-hybridized carbons (Fsp3) is 0.222. The Balaban J connectivity index is 1.75. The Morgan fingerprint density at radius 2 is 1.84 bits per heavy atom. The minimum Gasteiger partial charge on any atom is -0.426 e. The van der Waals surface area contributed by atoms with E-state index in [1.54, 1.807) is 24.5 Å². The van der Waals surface area contributed by atoms with E-state index in [4.69, 9.17) is 4.74 Å². The quantitative estimate of drug-likeness (QED) is 0.383. The van der Waals surface area contributed by atoms with Gasteiger partial charge in [0.05, 0.1) is 11.4 Å². The number of nitrogens with zero attached hydrogens (tertiary/aromatic N) is 4. The van der Waals surface area contributed by atoms with Crippen molar-refractivity contribution in [2.45, 2.75) is 24.9 Å². The fourth-order valence-corrected chi connectivity index (χ4v) is 2.99. The van der Waals surface area contributed by atoms with Gasteiger partial charge in [-0.05, 0) is 24.3 Å². The van der Waals surface area contributed by atoms with Gasteiger partial charge in [-0.25, -0.2) is 0 Å². The first kappa shape index (κ1) is 17.2. The van der Waals surface area contributed by atoms with E-state index in [2.05, 4.69) is 29.0 Å². The van der Waals surface area contributed by atoms with Gasteiger partial charge in [0, 0.05) is 18.3 Å². The molecule has 0 radical (unpaired) electrons. The molecular formula is C18H18N4O2S. The van der Waals surface area contributed by atoms with Gasteiger partial charge in [0.15, 0.2) is 5.16 Å². The van der Waals surface area contributed by atoms with Crippen molar-refractivity contribution in [1.29, 1.82) is 0 Å². The third kappa shape index (κ3) is 4.24. The van der Waals surface area contributed by atoms with Crippen LogP contribution in [0.15, 0.2) is 60.0 Å². The lowest BCUT2D eigenvalue weighted by molar-refractivity contribution is -0.131. The molecule has 7 heteroatoms. The van der Waals surface area contributed by atoms with Crippen LogP contribution in [0.5, 0.6) is 5.75 Å². The number of thioether (sulfide) groups is 1. The van der Waals surface area contributed by atoms with E-state index >= 15 is 0 Å². The summed E-state index contributed by atoms with van der Waals surface area (Å²) >= 11 is 1.30. The zero-order chi connectivity index (χ0) is 17.6. The van der Waals surface area contributed by atoms with Crippen LogP contribution < -0.4 is 4.74 Å².